The quantitative estimate of drug-likeness (QED) is 0.859. The molecular weight excluding hydrogens is 280 g/mol. The Labute approximate surface area is 132 Å². The molecule has 1 aliphatic rings. The van der Waals surface area contributed by atoms with Crippen LogP contribution in [0.25, 0.3) is 0 Å². The van der Waals surface area contributed by atoms with E-state index in [1.54, 1.807) is 0 Å². The predicted octanol–water partition coefficient (Wildman–Crippen LogP) is 1.32. The van der Waals surface area contributed by atoms with Crippen LogP contribution in [-0.2, 0) is 11.3 Å². The number of nitrogens with zero attached hydrogens (tertiary/aromatic N) is 3. The molecule has 124 valence electrons. The third kappa shape index (κ3) is 4.55. The summed E-state index contributed by atoms with van der Waals surface area (Å²) in [4.78, 5) is 16.8. The standard InChI is InChI=1S/C16H28N4O2/c1-12(20-9-7-19(4)8-10-20)5-6-16(21)17-11-15-13(2)18-22-14(15)3/h12H,5-11H2,1-4H3,(H,17,21)/t12-/m1/s1. The summed E-state index contributed by atoms with van der Waals surface area (Å²) < 4.78 is 5.10. The first kappa shape index (κ1) is 17.0. The predicted molar refractivity (Wildman–Crippen MR) is 85.6 cm³/mol. The number of carbonyl (C=O) groups excluding carboxylic acids is 1. The van der Waals surface area contributed by atoms with Crippen molar-refractivity contribution in [3.05, 3.63) is 17.0 Å². The highest BCUT2D eigenvalue weighted by molar-refractivity contribution is 5.75. The van der Waals surface area contributed by atoms with E-state index in [4.69, 9.17) is 4.52 Å². The lowest BCUT2D eigenvalue weighted by atomic mass is 10.1. The van der Waals surface area contributed by atoms with Gasteiger partial charge in [0.05, 0.1) is 5.69 Å². The maximum Gasteiger partial charge on any atom is 0.220 e. The van der Waals surface area contributed by atoms with Gasteiger partial charge in [0.1, 0.15) is 5.76 Å². The van der Waals surface area contributed by atoms with E-state index >= 15 is 0 Å². The summed E-state index contributed by atoms with van der Waals surface area (Å²) in [5.41, 5.74) is 1.84. The largest absolute Gasteiger partial charge is 0.361 e. The molecule has 2 rings (SSSR count). The Morgan fingerprint density at radius 2 is 2.00 bits per heavy atom. The first-order valence-corrected chi connectivity index (χ1v) is 8.08. The second-order valence-corrected chi connectivity index (χ2v) is 6.31. The maximum atomic E-state index is 12.0. The van der Waals surface area contributed by atoms with Gasteiger partial charge in [-0.2, -0.15) is 0 Å². The van der Waals surface area contributed by atoms with Gasteiger partial charge in [-0.15, -0.1) is 0 Å². The van der Waals surface area contributed by atoms with Crippen LogP contribution in [0.2, 0.25) is 0 Å². The van der Waals surface area contributed by atoms with Crippen LogP contribution in [0.4, 0.5) is 0 Å². The summed E-state index contributed by atoms with van der Waals surface area (Å²) >= 11 is 0. The average molecular weight is 308 g/mol. The Hall–Kier alpha value is -1.40. The number of carbonyl (C=O) groups is 1. The van der Waals surface area contributed by atoms with Crippen molar-refractivity contribution in [2.24, 2.45) is 0 Å². The van der Waals surface area contributed by atoms with Crippen molar-refractivity contribution < 1.29 is 9.32 Å². The fourth-order valence-corrected chi connectivity index (χ4v) is 2.81. The van der Waals surface area contributed by atoms with Gasteiger partial charge in [-0.25, -0.2) is 0 Å². The average Bonchev–Trinajstić information content (AvgIpc) is 2.82. The summed E-state index contributed by atoms with van der Waals surface area (Å²) in [5, 5.41) is 6.87. The van der Waals surface area contributed by atoms with Crippen molar-refractivity contribution >= 4 is 5.91 Å². The van der Waals surface area contributed by atoms with Crippen LogP contribution in [0.15, 0.2) is 4.52 Å². The first-order valence-electron chi connectivity index (χ1n) is 8.08. The van der Waals surface area contributed by atoms with E-state index in [1.165, 1.54) is 0 Å². The van der Waals surface area contributed by atoms with Crippen LogP contribution in [0.5, 0.6) is 0 Å². The van der Waals surface area contributed by atoms with Gasteiger partial charge < -0.3 is 14.7 Å². The molecule has 1 aliphatic heterocycles. The van der Waals surface area contributed by atoms with Crippen LogP contribution < -0.4 is 5.32 Å². The molecule has 6 heteroatoms. The number of aryl methyl sites for hydroxylation is 2. The second kappa shape index (κ2) is 7.74. The lowest BCUT2D eigenvalue weighted by Gasteiger charge is -2.36. The molecule has 22 heavy (non-hydrogen) atoms. The highest BCUT2D eigenvalue weighted by Crippen LogP contribution is 2.12. The van der Waals surface area contributed by atoms with Gasteiger partial charge >= 0.3 is 0 Å². The Morgan fingerprint density at radius 3 is 2.59 bits per heavy atom. The van der Waals surface area contributed by atoms with E-state index in [-0.39, 0.29) is 5.91 Å². The fraction of sp³-hybridized carbons (Fsp3) is 0.750. The summed E-state index contributed by atoms with van der Waals surface area (Å²) in [5.74, 6) is 0.879. The molecule has 1 N–H and O–H groups in total. The molecule has 0 aliphatic carbocycles. The number of hydrogen-bond donors (Lipinski definition) is 1. The van der Waals surface area contributed by atoms with Crippen molar-refractivity contribution in [3.63, 3.8) is 0 Å². The van der Waals surface area contributed by atoms with E-state index in [2.05, 4.69) is 34.2 Å². The molecule has 0 aromatic carbocycles. The molecule has 1 fully saturated rings. The Balaban J connectivity index is 1.69. The zero-order valence-electron chi connectivity index (χ0n) is 14.2. The molecule has 1 aromatic rings. The number of aromatic nitrogens is 1. The summed E-state index contributed by atoms with van der Waals surface area (Å²) in [6.45, 7) is 10.9. The van der Waals surface area contributed by atoms with Crippen molar-refractivity contribution in [2.75, 3.05) is 33.2 Å². The summed E-state index contributed by atoms with van der Waals surface area (Å²) in [6.07, 6.45) is 1.47. The molecule has 2 heterocycles. The third-order valence-corrected chi connectivity index (χ3v) is 4.59. The minimum atomic E-state index is 0.0981. The van der Waals surface area contributed by atoms with Crippen molar-refractivity contribution in [2.45, 2.75) is 46.2 Å². The molecule has 0 saturated carbocycles. The number of piperazine rings is 1. The summed E-state index contributed by atoms with van der Waals surface area (Å²) in [6, 6.07) is 0.457. The van der Waals surface area contributed by atoms with E-state index in [0.717, 1.165) is 49.6 Å². The molecule has 1 atom stereocenters. The SMILES string of the molecule is Cc1noc(C)c1CNC(=O)CC[C@@H](C)N1CCN(C)CC1. The van der Waals surface area contributed by atoms with Crippen molar-refractivity contribution in [3.8, 4) is 0 Å². The van der Waals surface area contributed by atoms with Gasteiger partial charge in [-0.05, 0) is 34.2 Å². The lowest BCUT2D eigenvalue weighted by molar-refractivity contribution is -0.121. The Kier molecular flexibility index (Phi) is 5.97. The fourth-order valence-electron chi connectivity index (χ4n) is 2.81. The third-order valence-electron chi connectivity index (χ3n) is 4.59. The zero-order valence-corrected chi connectivity index (χ0v) is 14.2. The van der Waals surface area contributed by atoms with Crippen LogP contribution in [0.1, 0.15) is 36.8 Å². The zero-order chi connectivity index (χ0) is 16.1. The van der Waals surface area contributed by atoms with E-state index in [9.17, 15) is 4.79 Å². The van der Waals surface area contributed by atoms with Gasteiger partial charge in [0.2, 0.25) is 5.91 Å². The molecule has 1 saturated heterocycles. The minimum absolute atomic E-state index is 0.0981. The monoisotopic (exact) mass is 308 g/mol. The Bertz CT molecular complexity index is 473. The molecule has 0 spiro atoms. The number of amides is 1. The van der Waals surface area contributed by atoms with Crippen LogP contribution in [-0.4, -0.2) is 60.1 Å². The molecule has 1 aromatic heterocycles. The molecule has 0 unspecified atom stereocenters. The number of nitrogens with one attached hydrogen (secondary N) is 1. The summed E-state index contributed by atoms with van der Waals surface area (Å²) in [7, 11) is 2.16. The van der Waals surface area contributed by atoms with Gasteiger partial charge in [0.15, 0.2) is 0 Å². The molecule has 0 radical (unpaired) electrons. The Morgan fingerprint density at radius 1 is 1.32 bits per heavy atom. The minimum Gasteiger partial charge on any atom is -0.361 e. The van der Waals surface area contributed by atoms with E-state index in [0.29, 0.717) is 19.0 Å². The van der Waals surface area contributed by atoms with Gasteiger partial charge in [-0.1, -0.05) is 5.16 Å². The second-order valence-electron chi connectivity index (χ2n) is 6.31. The highest BCUT2D eigenvalue weighted by atomic mass is 16.5. The highest BCUT2D eigenvalue weighted by Gasteiger charge is 2.19. The van der Waals surface area contributed by atoms with Crippen LogP contribution >= 0.6 is 0 Å². The topological polar surface area (TPSA) is 61.6 Å². The van der Waals surface area contributed by atoms with Crippen LogP contribution in [0, 0.1) is 13.8 Å². The molecule has 0 bridgehead atoms. The molecule has 1 amide bonds. The normalized spacial score (nSPS) is 18.4. The van der Waals surface area contributed by atoms with Gasteiger partial charge in [0.25, 0.3) is 0 Å². The van der Waals surface area contributed by atoms with Gasteiger partial charge in [-0.3, -0.25) is 9.69 Å². The first-order chi connectivity index (χ1) is 10.5. The molecular formula is C16H28N4O2. The van der Waals surface area contributed by atoms with E-state index < -0.39 is 0 Å². The van der Waals surface area contributed by atoms with E-state index in [1.807, 2.05) is 13.8 Å². The number of hydrogen-bond acceptors (Lipinski definition) is 5. The van der Waals surface area contributed by atoms with Crippen molar-refractivity contribution in [1.29, 1.82) is 0 Å². The van der Waals surface area contributed by atoms with Crippen molar-refractivity contribution in [1.82, 2.24) is 20.3 Å². The smallest absolute Gasteiger partial charge is 0.220 e. The number of rotatable bonds is 6. The molecule has 6 nitrogen and oxygen atoms in total. The lowest BCUT2D eigenvalue weighted by Crippen LogP contribution is -2.48. The van der Waals surface area contributed by atoms with Gasteiger partial charge in [0, 0.05) is 50.7 Å². The van der Waals surface area contributed by atoms with Crippen LogP contribution in [0.3, 0.4) is 0 Å². The maximum absolute atomic E-state index is 12.0. The number of likely N-dealkylation sites (N-methyl/N-ethyl adjacent to an activating group) is 1.